The summed E-state index contributed by atoms with van der Waals surface area (Å²) in [5.41, 5.74) is 2.24. The summed E-state index contributed by atoms with van der Waals surface area (Å²) in [4.78, 5) is 30.8. The molecule has 2 heterocycles. The first-order valence-corrected chi connectivity index (χ1v) is 11.8. The molecule has 4 heteroatoms. The predicted octanol–water partition coefficient (Wildman–Crippen LogP) is 4.75. The highest BCUT2D eigenvalue weighted by Gasteiger charge is 2.29. The van der Waals surface area contributed by atoms with Crippen LogP contribution in [0, 0.1) is 5.92 Å². The average Bonchev–Trinajstić information content (AvgIpc) is 2.84. The first-order chi connectivity index (χ1) is 15.1. The summed E-state index contributed by atoms with van der Waals surface area (Å²) in [6.07, 6.45) is 6.28. The Morgan fingerprint density at radius 2 is 1.65 bits per heavy atom. The molecule has 4 nitrogen and oxygen atoms in total. The Kier molecular flexibility index (Phi) is 7.18. The van der Waals surface area contributed by atoms with E-state index in [9.17, 15) is 9.59 Å². The van der Waals surface area contributed by atoms with Crippen LogP contribution in [0.4, 0.5) is 0 Å². The van der Waals surface area contributed by atoms with E-state index in [1.165, 1.54) is 38.8 Å². The molecule has 2 unspecified atom stereocenters. The number of rotatable bonds is 6. The van der Waals surface area contributed by atoms with Crippen LogP contribution in [0.5, 0.6) is 0 Å². The van der Waals surface area contributed by atoms with Crippen molar-refractivity contribution < 1.29 is 9.59 Å². The molecule has 0 spiro atoms. The first-order valence-electron chi connectivity index (χ1n) is 11.8. The number of hydrogen-bond donors (Lipinski definition) is 0. The largest absolute Gasteiger partial charge is 0.342 e. The minimum Gasteiger partial charge on any atom is -0.342 e. The lowest BCUT2D eigenvalue weighted by atomic mass is 9.92. The molecule has 2 saturated heterocycles. The van der Waals surface area contributed by atoms with Gasteiger partial charge in [0.1, 0.15) is 0 Å². The number of piperidine rings is 2. The zero-order valence-corrected chi connectivity index (χ0v) is 18.6. The molecule has 164 valence electrons. The molecule has 31 heavy (non-hydrogen) atoms. The van der Waals surface area contributed by atoms with Crippen LogP contribution in [-0.4, -0.2) is 54.2 Å². The summed E-state index contributed by atoms with van der Waals surface area (Å²) in [5.74, 6) is 0.528. The van der Waals surface area contributed by atoms with Gasteiger partial charge in [-0.05, 0) is 63.2 Å². The molecular formula is C27H34N2O2. The Balaban J connectivity index is 1.41. The van der Waals surface area contributed by atoms with E-state index in [0.29, 0.717) is 17.0 Å². The molecule has 0 saturated carbocycles. The highest BCUT2D eigenvalue weighted by atomic mass is 16.2. The van der Waals surface area contributed by atoms with E-state index in [0.717, 1.165) is 31.6 Å². The number of benzene rings is 2. The van der Waals surface area contributed by atoms with Gasteiger partial charge in [-0.2, -0.15) is 0 Å². The summed E-state index contributed by atoms with van der Waals surface area (Å²) in [6, 6.07) is 16.9. The lowest BCUT2D eigenvalue weighted by Gasteiger charge is -2.37. The third-order valence-corrected chi connectivity index (χ3v) is 6.85. The fraction of sp³-hybridized carbons (Fsp3) is 0.481. The maximum atomic E-state index is 13.3. The SMILES string of the molecule is CC(C(=O)N1CCCC(CN2CCCCC2)C1)c1cccc(C(=O)c2ccccc2)c1. The Labute approximate surface area is 186 Å². The van der Waals surface area contributed by atoms with Gasteiger partial charge >= 0.3 is 0 Å². The van der Waals surface area contributed by atoms with Crippen LogP contribution in [0.1, 0.15) is 66.4 Å². The number of ketones is 1. The molecule has 0 aromatic heterocycles. The Hall–Kier alpha value is -2.46. The first kappa shape index (κ1) is 21.8. The van der Waals surface area contributed by atoms with Crippen LogP contribution < -0.4 is 0 Å². The second-order valence-electron chi connectivity index (χ2n) is 9.20. The second-order valence-corrected chi connectivity index (χ2v) is 9.20. The molecule has 2 aliphatic rings. The standard InChI is InChI=1S/C27H34N2O2/c1-21(24-13-8-14-25(18-24)26(30)23-11-4-2-5-12-23)27(31)29-17-9-10-22(20-29)19-28-15-6-3-7-16-28/h2,4-5,8,11-14,18,21-22H,3,6-7,9-10,15-17,19-20H2,1H3. The van der Waals surface area contributed by atoms with E-state index >= 15 is 0 Å². The van der Waals surface area contributed by atoms with E-state index in [4.69, 9.17) is 0 Å². The summed E-state index contributed by atoms with van der Waals surface area (Å²) < 4.78 is 0. The summed E-state index contributed by atoms with van der Waals surface area (Å²) in [5, 5.41) is 0. The zero-order valence-electron chi connectivity index (χ0n) is 18.6. The van der Waals surface area contributed by atoms with Crippen LogP contribution in [0.3, 0.4) is 0 Å². The molecule has 0 N–H and O–H groups in total. The van der Waals surface area contributed by atoms with Crippen molar-refractivity contribution in [2.45, 2.75) is 44.9 Å². The quantitative estimate of drug-likeness (QED) is 0.636. The van der Waals surface area contributed by atoms with Gasteiger partial charge < -0.3 is 9.80 Å². The monoisotopic (exact) mass is 418 g/mol. The van der Waals surface area contributed by atoms with E-state index in [-0.39, 0.29) is 17.6 Å². The number of likely N-dealkylation sites (tertiary alicyclic amines) is 2. The van der Waals surface area contributed by atoms with Crippen LogP contribution >= 0.6 is 0 Å². The highest BCUT2D eigenvalue weighted by Crippen LogP contribution is 2.25. The molecule has 0 aliphatic carbocycles. The van der Waals surface area contributed by atoms with Gasteiger partial charge in [0.05, 0.1) is 5.92 Å². The average molecular weight is 419 g/mol. The van der Waals surface area contributed by atoms with Gasteiger partial charge in [-0.3, -0.25) is 9.59 Å². The minimum absolute atomic E-state index is 0.00154. The van der Waals surface area contributed by atoms with Gasteiger partial charge in [-0.1, -0.05) is 55.0 Å². The van der Waals surface area contributed by atoms with E-state index in [1.807, 2.05) is 61.5 Å². The Morgan fingerprint density at radius 3 is 2.42 bits per heavy atom. The lowest BCUT2D eigenvalue weighted by molar-refractivity contribution is -0.134. The van der Waals surface area contributed by atoms with Crippen LogP contribution in [0.15, 0.2) is 54.6 Å². The van der Waals surface area contributed by atoms with Crippen LogP contribution in [0.2, 0.25) is 0 Å². The van der Waals surface area contributed by atoms with Crippen molar-refractivity contribution in [1.82, 2.24) is 9.80 Å². The molecule has 0 bridgehead atoms. The van der Waals surface area contributed by atoms with Gasteiger partial charge in [0.25, 0.3) is 0 Å². The van der Waals surface area contributed by atoms with Crippen molar-refractivity contribution in [3.05, 3.63) is 71.3 Å². The van der Waals surface area contributed by atoms with Crippen molar-refractivity contribution in [1.29, 1.82) is 0 Å². The Bertz CT molecular complexity index is 889. The number of amides is 1. The molecule has 2 aliphatic heterocycles. The molecule has 2 fully saturated rings. The van der Waals surface area contributed by atoms with Crippen molar-refractivity contribution in [2.75, 3.05) is 32.7 Å². The van der Waals surface area contributed by atoms with Crippen molar-refractivity contribution in [3.63, 3.8) is 0 Å². The second kappa shape index (κ2) is 10.2. The topological polar surface area (TPSA) is 40.6 Å². The molecule has 4 rings (SSSR count). The fourth-order valence-electron chi connectivity index (χ4n) is 5.04. The number of nitrogens with zero attached hydrogens (tertiary/aromatic N) is 2. The summed E-state index contributed by atoms with van der Waals surface area (Å²) in [7, 11) is 0. The van der Waals surface area contributed by atoms with Gasteiger partial charge in [0, 0.05) is 30.8 Å². The smallest absolute Gasteiger partial charge is 0.229 e. The molecule has 2 atom stereocenters. The minimum atomic E-state index is -0.239. The fourth-order valence-corrected chi connectivity index (χ4v) is 5.04. The van der Waals surface area contributed by atoms with Gasteiger partial charge in [-0.15, -0.1) is 0 Å². The Morgan fingerprint density at radius 1 is 0.903 bits per heavy atom. The zero-order chi connectivity index (χ0) is 21.6. The third-order valence-electron chi connectivity index (χ3n) is 6.85. The highest BCUT2D eigenvalue weighted by molar-refractivity contribution is 6.09. The molecular weight excluding hydrogens is 384 g/mol. The summed E-state index contributed by atoms with van der Waals surface area (Å²) >= 11 is 0. The molecule has 2 aromatic rings. The lowest BCUT2D eigenvalue weighted by Crippen LogP contribution is -2.45. The number of carbonyl (C=O) groups is 2. The summed E-state index contributed by atoms with van der Waals surface area (Å²) in [6.45, 7) is 7.23. The molecule has 0 radical (unpaired) electrons. The van der Waals surface area contributed by atoms with Crippen molar-refractivity contribution in [3.8, 4) is 0 Å². The van der Waals surface area contributed by atoms with Crippen molar-refractivity contribution in [2.24, 2.45) is 5.92 Å². The molecule has 1 amide bonds. The van der Waals surface area contributed by atoms with E-state index in [2.05, 4.69) is 9.80 Å². The van der Waals surface area contributed by atoms with Crippen LogP contribution in [0.25, 0.3) is 0 Å². The number of carbonyl (C=O) groups excluding carboxylic acids is 2. The van der Waals surface area contributed by atoms with Gasteiger partial charge in [-0.25, -0.2) is 0 Å². The van der Waals surface area contributed by atoms with Crippen molar-refractivity contribution >= 4 is 11.7 Å². The third kappa shape index (κ3) is 5.43. The number of hydrogen-bond acceptors (Lipinski definition) is 3. The van der Waals surface area contributed by atoms with Gasteiger partial charge in [0.15, 0.2) is 5.78 Å². The normalized spacial score (nSPS) is 20.9. The van der Waals surface area contributed by atoms with Crippen LogP contribution in [-0.2, 0) is 4.79 Å². The van der Waals surface area contributed by atoms with E-state index < -0.39 is 0 Å². The van der Waals surface area contributed by atoms with Gasteiger partial charge in [0.2, 0.25) is 5.91 Å². The predicted molar refractivity (Wildman–Crippen MR) is 124 cm³/mol. The maximum absolute atomic E-state index is 13.3. The molecule has 2 aromatic carbocycles. The maximum Gasteiger partial charge on any atom is 0.229 e. The van der Waals surface area contributed by atoms with E-state index in [1.54, 1.807) is 0 Å².